The zero-order valence-corrected chi connectivity index (χ0v) is 10.7. The van der Waals surface area contributed by atoms with Gasteiger partial charge in [0.1, 0.15) is 0 Å². The number of pyridine rings is 1. The molecule has 2 heterocycles. The van der Waals surface area contributed by atoms with Gasteiger partial charge >= 0.3 is 0 Å². The predicted octanol–water partition coefficient (Wildman–Crippen LogP) is 2.69. The summed E-state index contributed by atoms with van der Waals surface area (Å²) in [5, 5.41) is 0. The van der Waals surface area contributed by atoms with Crippen LogP contribution in [0.4, 0.5) is 5.69 Å². The lowest BCUT2D eigenvalue weighted by Gasteiger charge is -2.16. The molecule has 1 fully saturated rings. The quantitative estimate of drug-likeness (QED) is 0.781. The number of anilines is 1. The normalized spacial score (nSPS) is 20.2. The average Bonchev–Trinajstić information content (AvgIpc) is 2.64. The summed E-state index contributed by atoms with van der Waals surface area (Å²) in [6, 6.07) is 1.94. The standard InChI is InChI=1S/C12H13BrN2O/c1-3-9-4-12(16)15(7-9)10-5-11(13)8(2)14-6-10/h3,5-6,9H,1,4,7H2,2H3. The fourth-order valence-electron chi connectivity index (χ4n) is 1.79. The van der Waals surface area contributed by atoms with Gasteiger partial charge in [-0.2, -0.15) is 0 Å². The molecule has 0 radical (unpaired) electrons. The minimum atomic E-state index is 0.141. The first kappa shape index (κ1) is 11.3. The van der Waals surface area contributed by atoms with Crippen LogP contribution in [0.1, 0.15) is 12.1 Å². The van der Waals surface area contributed by atoms with Crippen LogP contribution in [0, 0.1) is 12.8 Å². The number of hydrogen-bond donors (Lipinski definition) is 0. The minimum Gasteiger partial charge on any atom is -0.310 e. The first-order valence-electron chi connectivity index (χ1n) is 5.17. The van der Waals surface area contributed by atoms with E-state index in [4.69, 9.17) is 0 Å². The van der Waals surface area contributed by atoms with Gasteiger partial charge in [0.15, 0.2) is 0 Å². The van der Waals surface area contributed by atoms with E-state index in [-0.39, 0.29) is 11.8 Å². The lowest BCUT2D eigenvalue weighted by atomic mass is 10.1. The summed E-state index contributed by atoms with van der Waals surface area (Å²) >= 11 is 3.42. The van der Waals surface area contributed by atoms with Crippen LogP contribution in [-0.4, -0.2) is 17.4 Å². The highest BCUT2D eigenvalue weighted by Gasteiger charge is 2.28. The number of halogens is 1. The molecule has 1 unspecified atom stereocenters. The Kier molecular flexibility index (Phi) is 3.10. The third-order valence-corrected chi connectivity index (χ3v) is 3.61. The van der Waals surface area contributed by atoms with Crippen molar-refractivity contribution in [2.45, 2.75) is 13.3 Å². The van der Waals surface area contributed by atoms with Crippen LogP contribution in [0.2, 0.25) is 0 Å². The molecule has 0 spiro atoms. The van der Waals surface area contributed by atoms with E-state index < -0.39 is 0 Å². The number of aromatic nitrogens is 1. The largest absolute Gasteiger partial charge is 0.310 e. The van der Waals surface area contributed by atoms with Crippen molar-refractivity contribution in [2.75, 3.05) is 11.4 Å². The van der Waals surface area contributed by atoms with Gasteiger partial charge in [-0.15, -0.1) is 6.58 Å². The zero-order valence-electron chi connectivity index (χ0n) is 9.11. The van der Waals surface area contributed by atoms with Gasteiger partial charge in [-0.3, -0.25) is 9.78 Å². The van der Waals surface area contributed by atoms with Crippen molar-refractivity contribution in [3.05, 3.63) is 35.1 Å². The smallest absolute Gasteiger partial charge is 0.227 e. The fourth-order valence-corrected chi connectivity index (χ4v) is 2.12. The van der Waals surface area contributed by atoms with Crippen LogP contribution in [0.5, 0.6) is 0 Å². The zero-order chi connectivity index (χ0) is 11.7. The Morgan fingerprint density at radius 3 is 3.00 bits per heavy atom. The van der Waals surface area contributed by atoms with Crippen LogP contribution >= 0.6 is 15.9 Å². The first-order chi connectivity index (χ1) is 7.61. The van der Waals surface area contributed by atoms with Gasteiger partial charge in [-0.05, 0) is 28.9 Å². The molecule has 1 aliphatic heterocycles. The molecule has 1 aliphatic rings. The number of rotatable bonds is 2. The highest BCUT2D eigenvalue weighted by Crippen LogP contribution is 2.27. The van der Waals surface area contributed by atoms with E-state index in [9.17, 15) is 4.79 Å². The molecule has 0 saturated carbocycles. The summed E-state index contributed by atoms with van der Waals surface area (Å²) in [4.78, 5) is 17.8. The number of carbonyl (C=O) groups is 1. The van der Waals surface area contributed by atoms with E-state index in [1.807, 2.05) is 19.1 Å². The van der Waals surface area contributed by atoms with E-state index in [2.05, 4.69) is 27.5 Å². The van der Waals surface area contributed by atoms with Crippen LogP contribution in [0.25, 0.3) is 0 Å². The molecule has 16 heavy (non-hydrogen) atoms. The van der Waals surface area contributed by atoms with Crippen molar-refractivity contribution >= 4 is 27.5 Å². The predicted molar refractivity (Wildman–Crippen MR) is 67.3 cm³/mol. The maximum atomic E-state index is 11.8. The summed E-state index contributed by atoms with van der Waals surface area (Å²) in [5.41, 5.74) is 1.78. The number of amides is 1. The molecule has 0 aliphatic carbocycles. The molecule has 1 atom stereocenters. The van der Waals surface area contributed by atoms with Gasteiger partial charge in [0.2, 0.25) is 5.91 Å². The van der Waals surface area contributed by atoms with Crippen molar-refractivity contribution in [2.24, 2.45) is 5.92 Å². The van der Waals surface area contributed by atoms with Crippen LogP contribution in [0.15, 0.2) is 29.4 Å². The van der Waals surface area contributed by atoms with E-state index in [0.29, 0.717) is 13.0 Å². The van der Waals surface area contributed by atoms with E-state index >= 15 is 0 Å². The molecular weight excluding hydrogens is 268 g/mol. The van der Waals surface area contributed by atoms with E-state index in [1.54, 1.807) is 11.1 Å². The molecule has 1 aromatic rings. The lowest BCUT2D eigenvalue weighted by molar-refractivity contribution is -0.117. The fraction of sp³-hybridized carbons (Fsp3) is 0.333. The number of aryl methyl sites for hydroxylation is 1. The molecule has 1 amide bonds. The molecule has 1 saturated heterocycles. The van der Waals surface area contributed by atoms with E-state index in [1.165, 1.54) is 0 Å². The second-order valence-corrected chi connectivity index (χ2v) is 4.82. The second-order valence-electron chi connectivity index (χ2n) is 3.96. The van der Waals surface area contributed by atoms with Crippen molar-refractivity contribution in [1.82, 2.24) is 4.98 Å². The van der Waals surface area contributed by atoms with Gasteiger partial charge in [0, 0.05) is 23.4 Å². The van der Waals surface area contributed by atoms with Crippen LogP contribution < -0.4 is 4.90 Å². The summed E-state index contributed by atoms with van der Waals surface area (Å²) in [6.07, 6.45) is 4.13. The number of nitrogens with zero attached hydrogens (tertiary/aromatic N) is 2. The Hall–Kier alpha value is -1.16. The molecule has 0 N–H and O–H groups in total. The van der Waals surface area contributed by atoms with Crippen molar-refractivity contribution in [3.8, 4) is 0 Å². The Morgan fingerprint density at radius 2 is 2.44 bits per heavy atom. The maximum absolute atomic E-state index is 11.8. The second kappa shape index (κ2) is 4.37. The van der Waals surface area contributed by atoms with Crippen LogP contribution in [-0.2, 0) is 4.79 Å². The Bertz CT molecular complexity index is 445. The summed E-state index contributed by atoms with van der Waals surface area (Å²) in [7, 11) is 0. The summed E-state index contributed by atoms with van der Waals surface area (Å²) in [5.74, 6) is 0.398. The van der Waals surface area contributed by atoms with Crippen molar-refractivity contribution in [3.63, 3.8) is 0 Å². The Labute approximate surface area is 103 Å². The van der Waals surface area contributed by atoms with Gasteiger partial charge in [0.25, 0.3) is 0 Å². The highest BCUT2D eigenvalue weighted by atomic mass is 79.9. The molecule has 0 bridgehead atoms. The first-order valence-corrected chi connectivity index (χ1v) is 5.96. The van der Waals surface area contributed by atoms with Gasteiger partial charge in [-0.25, -0.2) is 0 Å². The monoisotopic (exact) mass is 280 g/mol. The Balaban J connectivity index is 2.27. The van der Waals surface area contributed by atoms with Crippen molar-refractivity contribution in [1.29, 1.82) is 0 Å². The molecule has 4 heteroatoms. The minimum absolute atomic E-state index is 0.141. The van der Waals surface area contributed by atoms with Gasteiger partial charge in [0.05, 0.1) is 17.6 Å². The molecule has 3 nitrogen and oxygen atoms in total. The highest BCUT2D eigenvalue weighted by molar-refractivity contribution is 9.10. The maximum Gasteiger partial charge on any atom is 0.227 e. The lowest BCUT2D eigenvalue weighted by Crippen LogP contribution is -2.24. The van der Waals surface area contributed by atoms with Gasteiger partial charge in [-0.1, -0.05) is 6.08 Å². The SMILES string of the molecule is C=CC1CC(=O)N(c2cnc(C)c(Br)c2)C1. The van der Waals surface area contributed by atoms with Crippen LogP contribution in [0.3, 0.4) is 0 Å². The Morgan fingerprint density at radius 1 is 1.69 bits per heavy atom. The third kappa shape index (κ3) is 2.02. The number of carbonyl (C=O) groups excluding carboxylic acids is 1. The molecule has 84 valence electrons. The molecule has 0 aromatic carbocycles. The van der Waals surface area contributed by atoms with Crippen molar-refractivity contribution < 1.29 is 4.79 Å². The average molecular weight is 281 g/mol. The van der Waals surface area contributed by atoms with E-state index in [0.717, 1.165) is 15.9 Å². The summed E-state index contributed by atoms with van der Waals surface area (Å²) in [6.45, 7) is 6.36. The summed E-state index contributed by atoms with van der Waals surface area (Å²) < 4.78 is 0.930. The third-order valence-electron chi connectivity index (χ3n) is 2.81. The number of hydrogen-bond acceptors (Lipinski definition) is 2. The van der Waals surface area contributed by atoms with Gasteiger partial charge < -0.3 is 4.90 Å². The molecular formula is C12H13BrN2O. The molecule has 1 aromatic heterocycles. The molecule has 2 rings (SSSR count). The topological polar surface area (TPSA) is 33.2 Å².